The molecular formula is C17H27NO. The molecule has 1 unspecified atom stereocenters. The van der Waals surface area contributed by atoms with Crippen LogP contribution in [-0.4, -0.2) is 12.5 Å². The molecular weight excluding hydrogens is 234 g/mol. The zero-order valence-electron chi connectivity index (χ0n) is 12.3. The molecule has 1 amide bonds. The minimum absolute atomic E-state index is 0.156. The smallest absolute Gasteiger partial charge is 0.222 e. The lowest BCUT2D eigenvalue weighted by Crippen LogP contribution is -2.30. The van der Waals surface area contributed by atoms with E-state index in [2.05, 4.69) is 36.5 Å². The quantitative estimate of drug-likeness (QED) is 0.670. The molecule has 1 N–H and O–H groups in total. The van der Waals surface area contributed by atoms with Crippen LogP contribution in [0, 0.1) is 5.92 Å². The molecule has 19 heavy (non-hydrogen) atoms. The van der Waals surface area contributed by atoms with Crippen molar-refractivity contribution in [1.82, 2.24) is 5.32 Å². The summed E-state index contributed by atoms with van der Waals surface area (Å²) in [6.07, 6.45) is 6.66. The molecule has 0 aliphatic heterocycles. The van der Waals surface area contributed by atoms with Crippen LogP contribution < -0.4 is 5.32 Å². The number of carbonyl (C=O) groups is 1. The summed E-state index contributed by atoms with van der Waals surface area (Å²) in [7, 11) is 0. The number of aryl methyl sites for hydroxylation is 1. The van der Waals surface area contributed by atoms with Crippen molar-refractivity contribution in [2.75, 3.05) is 6.54 Å². The molecule has 1 rings (SSSR count). The lowest BCUT2D eigenvalue weighted by Gasteiger charge is -2.11. The van der Waals surface area contributed by atoms with Crippen molar-refractivity contribution in [2.45, 2.75) is 52.4 Å². The van der Waals surface area contributed by atoms with Crippen LogP contribution in [0.1, 0.15) is 51.5 Å². The summed E-state index contributed by atoms with van der Waals surface area (Å²) in [6.45, 7) is 5.00. The summed E-state index contributed by atoms with van der Waals surface area (Å²) in [6, 6.07) is 10.4. The number of hydrogen-bond acceptors (Lipinski definition) is 1. The van der Waals surface area contributed by atoms with Crippen molar-refractivity contribution in [3.8, 4) is 0 Å². The molecule has 0 spiro atoms. The fourth-order valence-electron chi connectivity index (χ4n) is 2.15. The summed E-state index contributed by atoms with van der Waals surface area (Å²) in [5.74, 6) is 0.368. The molecule has 0 fully saturated rings. The highest BCUT2D eigenvalue weighted by atomic mass is 16.1. The van der Waals surface area contributed by atoms with Crippen molar-refractivity contribution < 1.29 is 4.79 Å². The standard InChI is InChI=1S/C17H27NO/c1-3-4-6-10-15(2)17(19)18-14-9-13-16-11-7-5-8-12-16/h5,7-8,11-12,15H,3-4,6,9-10,13-14H2,1-2H3,(H,18,19). The van der Waals surface area contributed by atoms with Gasteiger partial charge in [-0.3, -0.25) is 4.79 Å². The van der Waals surface area contributed by atoms with E-state index in [-0.39, 0.29) is 11.8 Å². The van der Waals surface area contributed by atoms with E-state index in [0.29, 0.717) is 0 Å². The highest BCUT2D eigenvalue weighted by Gasteiger charge is 2.11. The van der Waals surface area contributed by atoms with Gasteiger partial charge in [-0.2, -0.15) is 0 Å². The highest BCUT2D eigenvalue weighted by molar-refractivity contribution is 5.78. The van der Waals surface area contributed by atoms with Gasteiger partial charge in [0.05, 0.1) is 0 Å². The molecule has 0 saturated carbocycles. The fraction of sp³-hybridized carbons (Fsp3) is 0.588. The fourth-order valence-corrected chi connectivity index (χ4v) is 2.15. The number of amides is 1. The topological polar surface area (TPSA) is 29.1 Å². The Morgan fingerprint density at radius 1 is 1.16 bits per heavy atom. The molecule has 0 aliphatic carbocycles. The van der Waals surface area contributed by atoms with Gasteiger partial charge >= 0.3 is 0 Å². The summed E-state index contributed by atoms with van der Waals surface area (Å²) in [4.78, 5) is 11.8. The van der Waals surface area contributed by atoms with E-state index in [4.69, 9.17) is 0 Å². The normalized spacial score (nSPS) is 12.1. The number of hydrogen-bond donors (Lipinski definition) is 1. The first-order valence-corrected chi connectivity index (χ1v) is 7.55. The average molecular weight is 261 g/mol. The Labute approximate surface area is 117 Å². The zero-order valence-corrected chi connectivity index (χ0v) is 12.3. The summed E-state index contributed by atoms with van der Waals surface area (Å²) < 4.78 is 0. The van der Waals surface area contributed by atoms with Crippen LogP contribution in [0.3, 0.4) is 0 Å². The van der Waals surface area contributed by atoms with Gasteiger partial charge < -0.3 is 5.32 Å². The first-order chi connectivity index (χ1) is 9.24. The van der Waals surface area contributed by atoms with Crippen molar-refractivity contribution >= 4 is 5.91 Å². The molecule has 0 aromatic heterocycles. The van der Waals surface area contributed by atoms with Crippen molar-refractivity contribution in [3.63, 3.8) is 0 Å². The lowest BCUT2D eigenvalue weighted by atomic mass is 10.0. The van der Waals surface area contributed by atoms with Gasteiger partial charge in [-0.15, -0.1) is 0 Å². The third kappa shape index (κ3) is 7.00. The second-order valence-corrected chi connectivity index (χ2v) is 5.28. The van der Waals surface area contributed by atoms with Gasteiger partial charge in [-0.1, -0.05) is 63.4 Å². The Balaban J connectivity index is 2.09. The maximum Gasteiger partial charge on any atom is 0.222 e. The highest BCUT2D eigenvalue weighted by Crippen LogP contribution is 2.09. The van der Waals surface area contributed by atoms with Crippen molar-refractivity contribution in [2.24, 2.45) is 5.92 Å². The molecule has 0 heterocycles. The Morgan fingerprint density at radius 3 is 2.58 bits per heavy atom. The molecule has 0 bridgehead atoms. The van der Waals surface area contributed by atoms with Crippen molar-refractivity contribution in [1.29, 1.82) is 0 Å². The Hall–Kier alpha value is -1.31. The molecule has 1 aromatic rings. The van der Waals surface area contributed by atoms with Gasteiger partial charge in [0.1, 0.15) is 0 Å². The Morgan fingerprint density at radius 2 is 1.89 bits per heavy atom. The van der Waals surface area contributed by atoms with E-state index >= 15 is 0 Å². The van der Waals surface area contributed by atoms with E-state index in [1.807, 2.05) is 13.0 Å². The van der Waals surface area contributed by atoms with E-state index in [1.54, 1.807) is 0 Å². The van der Waals surface area contributed by atoms with Gasteiger partial charge in [0.2, 0.25) is 5.91 Å². The zero-order chi connectivity index (χ0) is 13.9. The first kappa shape index (κ1) is 15.7. The summed E-state index contributed by atoms with van der Waals surface area (Å²) in [5, 5.41) is 3.04. The van der Waals surface area contributed by atoms with Crippen LogP contribution in [0.2, 0.25) is 0 Å². The van der Waals surface area contributed by atoms with Crippen LogP contribution in [-0.2, 0) is 11.2 Å². The van der Waals surface area contributed by atoms with Crippen LogP contribution in [0.15, 0.2) is 30.3 Å². The SMILES string of the molecule is CCCCCC(C)C(=O)NCCCc1ccccc1. The average Bonchev–Trinajstić information content (AvgIpc) is 2.44. The predicted molar refractivity (Wildman–Crippen MR) is 81.1 cm³/mol. The van der Waals surface area contributed by atoms with Gasteiger partial charge in [0, 0.05) is 12.5 Å². The molecule has 0 aliphatic rings. The number of carbonyl (C=O) groups excluding carboxylic acids is 1. The second-order valence-electron chi connectivity index (χ2n) is 5.28. The van der Waals surface area contributed by atoms with Gasteiger partial charge in [0.15, 0.2) is 0 Å². The van der Waals surface area contributed by atoms with E-state index < -0.39 is 0 Å². The van der Waals surface area contributed by atoms with Crippen LogP contribution >= 0.6 is 0 Å². The third-order valence-corrected chi connectivity index (χ3v) is 3.47. The molecule has 0 saturated heterocycles. The predicted octanol–water partition coefficient (Wildman–Crippen LogP) is 3.95. The maximum atomic E-state index is 11.8. The van der Waals surface area contributed by atoms with Gasteiger partial charge in [-0.05, 0) is 24.8 Å². The number of unbranched alkanes of at least 4 members (excludes halogenated alkanes) is 2. The van der Waals surface area contributed by atoms with E-state index in [0.717, 1.165) is 32.2 Å². The second kappa shape index (κ2) is 9.60. The van der Waals surface area contributed by atoms with Crippen molar-refractivity contribution in [3.05, 3.63) is 35.9 Å². The molecule has 2 heteroatoms. The van der Waals surface area contributed by atoms with E-state index in [1.165, 1.54) is 18.4 Å². The minimum atomic E-state index is 0.156. The van der Waals surface area contributed by atoms with Crippen LogP contribution in [0.4, 0.5) is 0 Å². The number of benzene rings is 1. The summed E-state index contributed by atoms with van der Waals surface area (Å²) in [5.41, 5.74) is 1.34. The Bertz CT molecular complexity index is 348. The first-order valence-electron chi connectivity index (χ1n) is 7.55. The number of nitrogens with one attached hydrogen (secondary N) is 1. The van der Waals surface area contributed by atoms with Crippen LogP contribution in [0.25, 0.3) is 0 Å². The largest absolute Gasteiger partial charge is 0.356 e. The maximum absolute atomic E-state index is 11.8. The Kier molecular flexibility index (Phi) is 7.95. The van der Waals surface area contributed by atoms with Gasteiger partial charge in [0.25, 0.3) is 0 Å². The molecule has 106 valence electrons. The minimum Gasteiger partial charge on any atom is -0.356 e. The molecule has 1 atom stereocenters. The third-order valence-electron chi connectivity index (χ3n) is 3.47. The van der Waals surface area contributed by atoms with E-state index in [9.17, 15) is 4.79 Å². The lowest BCUT2D eigenvalue weighted by molar-refractivity contribution is -0.124. The van der Waals surface area contributed by atoms with Crippen LogP contribution in [0.5, 0.6) is 0 Å². The molecule has 1 aromatic carbocycles. The number of rotatable bonds is 9. The van der Waals surface area contributed by atoms with Gasteiger partial charge in [-0.25, -0.2) is 0 Å². The summed E-state index contributed by atoms with van der Waals surface area (Å²) >= 11 is 0. The molecule has 0 radical (unpaired) electrons. The molecule has 2 nitrogen and oxygen atoms in total. The monoisotopic (exact) mass is 261 g/mol.